The summed E-state index contributed by atoms with van der Waals surface area (Å²) in [5.74, 6) is -2.04. The second kappa shape index (κ2) is 20.6. The van der Waals surface area contributed by atoms with Crippen molar-refractivity contribution in [3.63, 3.8) is 0 Å². The zero-order valence-electron chi connectivity index (χ0n) is 36.7. The molecule has 0 radical (unpaired) electrons. The van der Waals surface area contributed by atoms with E-state index in [2.05, 4.69) is 5.32 Å². The van der Waals surface area contributed by atoms with E-state index in [1.165, 1.54) is 30.3 Å². The quantitative estimate of drug-likeness (QED) is 0.0476. The minimum Gasteiger partial charge on any atom is -0.354 e. The fourth-order valence-corrected chi connectivity index (χ4v) is 10.9. The van der Waals surface area contributed by atoms with Gasteiger partial charge in [-0.3, -0.25) is 37.5 Å². The van der Waals surface area contributed by atoms with Crippen molar-refractivity contribution < 1.29 is 70.8 Å². The summed E-state index contributed by atoms with van der Waals surface area (Å²) in [5, 5.41) is 2.72. The maximum Gasteiger partial charge on any atom is 0.294 e. The summed E-state index contributed by atoms with van der Waals surface area (Å²) in [6.45, 7) is 6.15. The van der Waals surface area contributed by atoms with Crippen LogP contribution in [0.4, 0.5) is 11.4 Å². The molecule has 66 heavy (non-hydrogen) atoms. The molecule has 5 N–H and O–H groups in total. The highest BCUT2D eigenvalue weighted by atomic mass is 32.2. The van der Waals surface area contributed by atoms with E-state index < -0.39 is 62.8 Å². The number of nitrogens with zero attached hydrogens (tertiary/aromatic N) is 3. The van der Waals surface area contributed by atoms with E-state index in [9.17, 15) is 66.3 Å². The molecule has 3 aliphatic rings. The molecule has 1 fully saturated rings. The number of imide groups is 1. The maximum absolute atomic E-state index is 12.9. The fraction of sp³-hybridized carbons (Fsp3) is 0.442. The molecule has 2 atom stereocenters. The highest BCUT2D eigenvalue weighted by molar-refractivity contribution is 7.86. The highest BCUT2D eigenvalue weighted by Crippen LogP contribution is 2.51. The molecule has 3 heterocycles. The predicted octanol–water partition coefficient (Wildman–Crippen LogP) is 4.27. The number of hydrogen-bond donors (Lipinski definition) is 5. The van der Waals surface area contributed by atoms with Gasteiger partial charge < -0.3 is 10.2 Å². The Hall–Kier alpha value is -4.88. The summed E-state index contributed by atoms with van der Waals surface area (Å²) in [7, 11) is -17.9. The van der Waals surface area contributed by atoms with Crippen molar-refractivity contribution in [3.05, 3.63) is 95.8 Å². The zero-order chi connectivity index (χ0) is 48.9. The second-order valence-corrected chi connectivity index (χ2v) is 22.6. The average Bonchev–Trinajstić information content (AvgIpc) is 3.74. The Kier molecular flexibility index (Phi) is 16.2. The molecule has 5 rings (SSSR count). The smallest absolute Gasteiger partial charge is 0.294 e. The van der Waals surface area contributed by atoms with Crippen LogP contribution in [0.1, 0.15) is 83.3 Å². The van der Waals surface area contributed by atoms with E-state index in [0.29, 0.717) is 40.5 Å². The third-order valence-corrected chi connectivity index (χ3v) is 15.3. The summed E-state index contributed by atoms with van der Waals surface area (Å²) in [5.41, 5.74) is 1.55. The fourth-order valence-electron chi connectivity index (χ4n) is 8.86. The lowest BCUT2D eigenvalue weighted by molar-refractivity contribution is -0.437. The first-order chi connectivity index (χ1) is 30.7. The van der Waals surface area contributed by atoms with Gasteiger partial charge in [-0.1, -0.05) is 30.4 Å². The highest BCUT2D eigenvalue weighted by Gasteiger charge is 2.48. The molecule has 19 nitrogen and oxygen atoms in total. The number of rotatable bonds is 22. The molecule has 0 aromatic heterocycles. The van der Waals surface area contributed by atoms with Crippen molar-refractivity contribution in [2.75, 3.05) is 42.6 Å². The van der Waals surface area contributed by atoms with E-state index in [0.717, 1.165) is 4.90 Å². The van der Waals surface area contributed by atoms with Crippen LogP contribution < -0.4 is 10.2 Å². The topological polar surface area (TPSA) is 290 Å². The molecule has 3 aliphatic heterocycles. The molecular formula is C43H55N4O15S4+. The molecule has 1 saturated heterocycles. The normalized spacial score (nSPS) is 21.1. The molecule has 2 unspecified atom stereocenters. The Morgan fingerprint density at radius 2 is 1.29 bits per heavy atom. The molecule has 3 amide bonds. The van der Waals surface area contributed by atoms with Gasteiger partial charge in [0, 0.05) is 79.8 Å². The Bertz CT molecular complexity index is 2860. The monoisotopic (exact) mass is 995 g/mol. The number of likely N-dealkylation sites (N-methyl/N-ethyl adjacent to an activating group) is 1. The van der Waals surface area contributed by atoms with Crippen molar-refractivity contribution in [3.8, 4) is 0 Å². The summed E-state index contributed by atoms with van der Waals surface area (Å²) in [4.78, 5) is 39.2. The van der Waals surface area contributed by atoms with Gasteiger partial charge in [-0.2, -0.15) is 38.2 Å². The maximum atomic E-state index is 12.9. The molecule has 0 saturated carbocycles. The van der Waals surface area contributed by atoms with Crippen LogP contribution in [0.2, 0.25) is 0 Å². The third-order valence-electron chi connectivity index (χ3n) is 12.0. The molecular weight excluding hydrogens is 941 g/mol. The molecule has 0 aliphatic carbocycles. The van der Waals surface area contributed by atoms with Crippen molar-refractivity contribution >= 4 is 75.3 Å². The van der Waals surface area contributed by atoms with Crippen LogP contribution in [0.15, 0.2) is 94.4 Å². The number of fused-ring (bicyclic) bond motifs is 2. The van der Waals surface area contributed by atoms with Crippen molar-refractivity contribution in [2.24, 2.45) is 0 Å². The minimum absolute atomic E-state index is 0.0199. The standard InChI is InChI=1S/C43H54N4O15S4/c1-4-45-35-18-16-31(65(57,58)59)29-33(35)43(3,23-11-27-63(51,52)53)37(45)13-8-6-5-7-9-14-38-42(2,22-10-15-39(48)44-24-26-47-40(49)20-21-41(47)50)34-30-32(66(60,61)62)17-19-36(34)46(38)25-12-28-64(54,55)56/h5-9,13-14,16-19,29-30H,4,10-12,15,20-28H2,1-3H3,(H4-,44,48,51,52,53,54,55,56,57,58,59,60,61,62)/p+1. The second-order valence-electron chi connectivity index (χ2n) is 16.6. The minimum atomic E-state index is -4.66. The Labute approximate surface area is 385 Å². The van der Waals surface area contributed by atoms with Crippen LogP contribution in [-0.4, -0.2) is 122 Å². The molecule has 2 aromatic carbocycles. The van der Waals surface area contributed by atoms with Crippen LogP contribution in [0.25, 0.3) is 0 Å². The number of carbonyl (C=O) groups excluding carboxylic acids is 3. The van der Waals surface area contributed by atoms with Gasteiger partial charge >= 0.3 is 0 Å². The van der Waals surface area contributed by atoms with E-state index in [1.54, 1.807) is 53.2 Å². The first-order valence-corrected chi connectivity index (χ1v) is 27.2. The Morgan fingerprint density at radius 1 is 0.727 bits per heavy atom. The number of amides is 3. The zero-order valence-corrected chi connectivity index (χ0v) is 39.9. The Morgan fingerprint density at radius 3 is 1.89 bits per heavy atom. The van der Waals surface area contributed by atoms with Gasteiger partial charge in [0.15, 0.2) is 5.71 Å². The van der Waals surface area contributed by atoms with E-state index >= 15 is 0 Å². The molecule has 360 valence electrons. The predicted molar refractivity (Wildman–Crippen MR) is 245 cm³/mol. The molecule has 2 aromatic rings. The summed E-state index contributed by atoms with van der Waals surface area (Å²) >= 11 is 0. The first kappa shape index (κ1) is 52.1. The molecule has 0 bridgehead atoms. The van der Waals surface area contributed by atoms with Gasteiger partial charge in [0.05, 0.1) is 26.7 Å². The molecule has 23 heteroatoms. The number of anilines is 1. The van der Waals surface area contributed by atoms with E-state index in [4.69, 9.17) is 0 Å². The van der Waals surface area contributed by atoms with Gasteiger partial charge in [-0.25, -0.2) is 0 Å². The van der Waals surface area contributed by atoms with Crippen LogP contribution in [-0.2, 0) is 65.7 Å². The molecule has 0 spiro atoms. The van der Waals surface area contributed by atoms with Crippen LogP contribution in [0.3, 0.4) is 0 Å². The van der Waals surface area contributed by atoms with Gasteiger partial charge in [0.25, 0.3) is 40.5 Å². The lowest BCUT2D eigenvalue weighted by Crippen LogP contribution is -2.38. The Balaban J connectivity index is 1.44. The van der Waals surface area contributed by atoms with Gasteiger partial charge in [0.2, 0.25) is 23.4 Å². The van der Waals surface area contributed by atoms with Crippen molar-refractivity contribution in [1.29, 1.82) is 0 Å². The van der Waals surface area contributed by atoms with E-state index in [-0.39, 0.29) is 98.5 Å². The number of benzene rings is 2. The summed E-state index contributed by atoms with van der Waals surface area (Å²) < 4.78 is 136. The summed E-state index contributed by atoms with van der Waals surface area (Å²) in [6.07, 6.45) is 13.1. The van der Waals surface area contributed by atoms with Crippen LogP contribution in [0, 0.1) is 0 Å². The first-order valence-electron chi connectivity index (χ1n) is 21.1. The van der Waals surface area contributed by atoms with Gasteiger partial charge in [-0.05, 0) is 88.4 Å². The number of hydrogen-bond acceptors (Lipinski definition) is 12. The lowest BCUT2D eigenvalue weighted by atomic mass is 9.75. The number of allylic oxidation sites excluding steroid dienone is 8. The van der Waals surface area contributed by atoms with Gasteiger partial charge in [-0.15, -0.1) is 0 Å². The average molecular weight is 996 g/mol. The van der Waals surface area contributed by atoms with Crippen LogP contribution >= 0.6 is 0 Å². The lowest BCUT2D eigenvalue weighted by Gasteiger charge is -2.30. The summed E-state index contributed by atoms with van der Waals surface area (Å²) in [6, 6.07) is 8.25. The largest absolute Gasteiger partial charge is 0.354 e. The number of carbonyl (C=O) groups is 3. The van der Waals surface area contributed by atoms with Gasteiger partial charge in [0.1, 0.15) is 6.54 Å². The van der Waals surface area contributed by atoms with Crippen molar-refractivity contribution in [1.82, 2.24) is 10.2 Å². The van der Waals surface area contributed by atoms with E-state index in [1.807, 2.05) is 25.7 Å². The van der Waals surface area contributed by atoms with Crippen molar-refractivity contribution in [2.45, 2.75) is 92.8 Å². The number of nitrogens with one attached hydrogen (secondary N) is 1. The number of likely N-dealkylation sites (tertiary alicyclic amines) is 1. The third kappa shape index (κ3) is 12.6. The SMILES string of the molecule is CCN1C(=CC=CC=CC=CC2=[N+](CCCS(=O)(=O)O)c3ccc(S(=O)(=O)O)cc3C2(C)CCCC(=O)NCCN2C(=O)CCC2=O)C(C)(CCCS(=O)(=O)O)c2cc(S(=O)(=O)O)ccc21. The van der Waals surface area contributed by atoms with Crippen LogP contribution in [0.5, 0.6) is 0 Å².